The van der Waals surface area contributed by atoms with Gasteiger partial charge in [0.15, 0.2) is 0 Å². The molecule has 0 unspecified atom stereocenters. The fourth-order valence-electron chi connectivity index (χ4n) is 0.894. The van der Waals surface area contributed by atoms with Crippen LogP contribution in [0.25, 0.3) is 0 Å². The molecule has 0 aliphatic carbocycles. The van der Waals surface area contributed by atoms with Gasteiger partial charge >= 0.3 is 5.97 Å². The second-order valence-electron chi connectivity index (χ2n) is 4.61. The van der Waals surface area contributed by atoms with Crippen molar-refractivity contribution in [3.05, 3.63) is 0 Å². The molecule has 0 bridgehead atoms. The summed E-state index contributed by atoms with van der Waals surface area (Å²) in [5, 5.41) is 5.01. The summed E-state index contributed by atoms with van der Waals surface area (Å²) < 4.78 is 4.41. The van der Waals surface area contributed by atoms with Gasteiger partial charge in [-0.15, -0.1) is 0 Å². The molecule has 0 atom stereocenters. The van der Waals surface area contributed by atoms with Gasteiger partial charge in [0.1, 0.15) is 0 Å². The minimum Gasteiger partial charge on any atom is -0.469 e. The Morgan fingerprint density at radius 3 is 2.18 bits per heavy atom. The predicted molar refractivity (Wildman–Crippen MR) is 62.1 cm³/mol. The number of hydrogen-bond donors (Lipinski definition) is 2. The van der Waals surface area contributed by atoms with E-state index in [0.29, 0.717) is 0 Å². The third-order valence-corrected chi connectivity index (χ3v) is 1.97. The van der Waals surface area contributed by atoms with Crippen LogP contribution < -0.4 is 10.6 Å². The van der Waals surface area contributed by atoms with Crippen molar-refractivity contribution in [2.75, 3.05) is 20.2 Å². The Kier molecular flexibility index (Phi) is 6.23. The van der Waals surface area contributed by atoms with E-state index in [1.807, 2.05) is 0 Å². The van der Waals surface area contributed by atoms with Crippen LogP contribution in [0.1, 0.15) is 27.2 Å². The first-order chi connectivity index (χ1) is 7.77. The summed E-state index contributed by atoms with van der Waals surface area (Å²) in [5.74, 6) is -0.906. The van der Waals surface area contributed by atoms with Gasteiger partial charge < -0.3 is 15.4 Å². The SMILES string of the molecule is COC(=O)CCNC(=O)CNC(=O)C(C)(C)C. The van der Waals surface area contributed by atoms with Crippen LogP contribution in [0.2, 0.25) is 0 Å². The van der Waals surface area contributed by atoms with Crippen molar-refractivity contribution in [1.82, 2.24) is 10.6 Å². The van der Waals surface area contributed by atoms with Crippen molar-refractivity contribution in [3.8, 4) is 0 Å². The molecule has 2 N–H and O–H groups in total. The summed E-state index contributed by atoms with van der Waals surface area (Å²) in [7, 11) is 1.29. The van der Waals surface area contributed by atoms with Gasteiger partial charge in [-0.2, -0.15) is 0 Å². The zero-order valence-corrected chi connectivity index (χ0v) is 10.8. The molecule has 2 amide bonds. The molecule has 0 spiro atoms. The number of rotatable bonds is 5. The second-order valence-corrected chi connectivity index (χ2v) is 4.61. The lowest BCUT2D eigenvalue weighted by Crippen LogP contribution is -2.42. The summed E-state index contributed by atoms with van der Waals surface area (Å²) in [5.41, 5.74) is -0.522. The Morgan fingerprint density at radius 2 is 1.71 bits per heavy atom. The molecule has 6 heteroatoms. The quantitative estimate of drug-likeness (QED) is 0.657. The number of nitrogens with one attached hydrogen (secondary N) is 2. The molecule has 6 nitrogen and oxygen atoms in total. The van der Waals surface area contributed by atoms with Crippen molar-refractivity contribution < 1.29 is 19.1 Å². The first-order valence-electron chi connectivity index (χ1n) is 5.39. The summed E-state index contributed by atoms with van der Waals surface area (Å²) in [6, 6.07) is 0. The van der Waals surface area contributed by atoms with Crippen molar-refractivity contribution in [1.29, 1.82) is 0 Å². The molecule has 0 fully saturated rings. The normalized spacial score (nSPS) is 10.6. The molecule has 0 saturated heterocycles. The molecule has 0 aromatic heterocycles. The van der Waals surface area contributed by atoms with E-state index in [2.05, 4.69) is 15.4 Å². The third-order valence-electron chi connectivity index (χ3n) is 1.97. The molecular formula is C11H20N2O4. The van der Waals surface area contributed by atoms with Crippen molar-refractivity contribution in [2.24, 2.45) is 5.41 Å². The average molecular weight is 244 g/mol. The standard InChI is InChI=1S/C11H20N2O4/c1-11(2,3)10(16)13-7-8(14)12-6-5-9(15)17-4/h5-7H2,1-4H3,(H,12,14)(H,13,16). The lowest BCUT2D eigenvalue weighted by molar-refractivity contribution is -0.140. The monoisotopic (exact) mass is 244 g/mol. The first-order valence-corrected chi connectivity index (χ1v) is 5.39. The summed E-state index contributed by atoms with van der Waals surface area (Å²) >= 11 is 0. The maximum absolute atomic E-state index is 11.4. The molecule has 0 aliphatic rings. The molecular weight excluding hydrogens is 224 g/mol. The zero-order valence-electron chi connectivity index (χ0n) is 10.8. The van der Waals surface area contributed by atoms with Crippen LogP contribution in [-0.2, 0) is 19.1 Å². The molecule has 17 heavy (non-hydrogen) atoms. The number of carbonyl (C=O) groups is 3. The van der Waals surface area contributed by atoms with Gasteiger partial charge in [-0.1, -0.05) is 20.8 Å². The first kappa shape index (κ1) is 15.4. The van der Waals surface area contributed by atoms with Gasteiger partial charge in [0.25, 0.3) is 0 Å². The molecule has 0 saturated carbocycles. The van der Waals surface area contributed by atoms with E-state index in [0.717, 1.165) is 0 Å². The highest BCUT2D eigenvalue weighted by Crippen LogP contribution is 2.11. The highest BCUT2D eigenvalue weighted by atomic mass is 16.5. The number of methoxy groups -OCH3 is 1. The molecule has 0 aromatic carbocycles. The van der Waals surface area contributed by atoms with Gasteiger partial charge in [0.2, 0.25) is 11.8 Å². The molecule has 0 aliphatic heterocycles. The van der Waals surface area contributed by atoms with Crippen molar-refractivity contribution >= 4 is 17.8 Å². The number of carbonyl (C=O) groups excluding carboxylic acids is 3. The Hall–Kier alpha value is -1.59. The van der Waals surface area contributed by atoms with Crippen LogP contribution in [0, 0.1) is 5.41 Å². The van der Waals surface area contributed by atoms with Crippen molar-refractivity contribution in [2.45, 2.75) is 27.2 Å². The van der Waals surface area contributed by atoms with E-state index < -0.39 is 5.41 Å². The molecule has 98 valence electrons. The van der Waals surface area contributed by atoms with Crippen LogP contribution in [0.3, 0.4) is 0 Å². The summed E-state index contributed by atoms with van der Waals surface area (Å²) in [6.07, 6.45) is 0.120. The zero-order chi connectivity index (χ0) is 13.5. The van der Waals surface area contributed by atoms with Gasteiger partial charge in [-0.25, -0.2) is 0 Å². The van der Waals surface area contributed by atoms with Gasteiger partial charge in [-0.3, -0.25) is 14.4 Å². The minimum absolute atomic E-state index is 0.0860. The third kappa shape index (κ3) is 7.32. The van der Waals surface area contributed by atoms with E-state index >= 15 is 0 Å². The largest absolute Gasteiger partial charge is 0.469 e. The van der Waals surface area contributed by atoms with E-state index in [1.54, 1.807) is 20.8 Å². The lowest BCUT2D eigenvalue weighted by atomic mass is 9.96. The second kappa shape index (κ2) is 6.88. The Morgan fingerprint density at radius 1 is 1.12 bits per heavy atom. The lowest BCUT2D eigenvalue weighted by Gasteiger charge is -2.17. The van der Waals surface area contributed by atoms with Crippen LogP contribution in [0.4, 0.5) is 0 Å². The van der Waals surface area contributed by atoms with Crippen LogP contribution in [0.15, 0.2) is 0 Å². The number of esters is 1. The summed E-state index contributed by atoms with van der Waals surface area (Å²) in [6.45, 7) is 5.40. The Balaban J connectivity index is 3.74. The number of hydrogen-bond acceptors (Lipinski definition) is 4. The smallest absolute Gasteiger partial charge is 0.307 e. The van der Waals surface area contributed by atoms with Crippen molar-refractivity contribution in [3.63, 3.8) is 0 Å². The van der Waals surface area contributed by atoms with E-state index in [4.69, 9.17) is 0 Å². The van der Waals surface area contributed by atoms with Crippen LogP contribution in [0.5, 0.6) is 0 Å². The molecule has 0 heterocycles. The summed E-state index contributed by atoms with van der Waals surface area (Å²) in [4.78, 5) is 33.4. The predicted octanol–water partition coefficient (Wildman–Crippen LogP) is -0.172. The van der Waals surface area contributed by atoms with Gasteiger partial charge in [0.05, 0.1) is 20.1 Å². The number of amides is 2. The Labute approximate surface area is 101 Å². The van der Waals surface area contributed by atoms with Crippen LogP contribution in [-0.4, -0.2) is 38.0 Å². The van der Waals surface area contributed by atoms with Gasteiger partial charge in [0, 0.05) is 12.0 Å². The highest BCUT2D eigenvalue weighted by Gasteiger charge is 2.21. The van der Waals surface area contributed by atoms with E-state index in [-0.39, 0.29) is 37.3 Å². The number of ether oxygens (including phenoxy) is 1. The maximum atomic E-state index is 11.4. The average Bonchev–Trinajstić information content (AvgIpc) is 2.24. The fraction of sp³-hybridized carbons (Fsp3) is 0.727. The highest BCUT2D eigenvalue weighted by molar-refractivity contribution is 5.87. The molecule has 0 radical (unpaired) electrons. The Bertz CT molecular complexity index is 294. The fourth-order valence-corrected chi connectivity index (χ4v) is 0.894. The van der Waals surface area contributed by atoms with E-state index in [1.165, 1.54) is 7.11 Å². The van der Waals surface area contributed by atoms with Crippen LogP contribution >= 0.6 is 0 Å². The topological polar surface area (TPSA) is 84.5 Å². The van der Waals surface area contributed by atoms with E-state index in [9.17, 15) is 14.4 Å². The molecule has 0 rings (SSSR count). The molecule has 0 aromatic rings. The maximum Gasteiger partial charge on any atom is 0.307 e. The van der Waals surface area contributed by atoms with Gasteiger partial charge in [-0.05, 0) is 0 Å². The minimum atomic E-state index is -0.522.